The molecule has 0 aromatic carbocycles. The Morgan fingerprint density at radius 2 is 2.21 bits per heavy atom. The van der Waals surface area contributed by atoms with Crippen LogP contribution in [0.5, 0.6) is 0 Å². The Morgan fingerprint density at radius 3 is 2.79 bits per heavy atom. The van der Waals surface area contributed by atoms with Crippen LogP contribution < -0.4 is 0 Å². The van der Waals surface area contributed by atoms with Crippen molar-refractivity contribution in [1.29, 1.82) is 0 Å². The molecule has 0 saturated heterocycles. The Labute approximate surface area is 83.8 Å². The highest BCUT2D eigenvalue weighted by Crippen LogP contribution is 2.22. The third-order valence-corrected chi connectivity index (χ3v) is 2.43. The van der Waals surface area contributed by atoms with Gasteiger partial charge in [0.2, 0.25) is 0 Å². The van der Waals surface area contributed by atoms with Crippen LogP contribution in [-0.2, 0) is 0 Å². The van der Waals surface area contributed by atoms with Crippen LogP contribution in [0.1, 0.15) is 38.4 Å². The number of hydrogen-bond acceptors (Lipinski definition) is 2. The summed E-state index contributed by atoms with van der Waals surface area (Å²) in [6.07, 6.45) is 3.71. The molecule has 0 bridgehead atoms. The van der Waals surface area contributed by atoms with Crippen molar-refractivity contribution in [2.75, 3.05) is 0 Å². The Kier molecular flexibility index (Phi) is 4.01. The standard InChI is InChI=1S/C11H16FNO/c1-3-8(2)4-11(14)9-5-10(12)7-13-6-9/h5-8,11,14H,3-4H2,1-2H3. The lowest BCUT2D eigenvalue weighted by atomic mass is 9.97. The van der Waals surface area contributed by atoms with Gasteiger partial charge >= 0.3 is 0 Å². The minimum Gasteiger partial charge on any atom is -0.388 e. The first-order valence-electron chi connectivity index (χ1n) is 4.92. The Bertz CT molecular complexity index is 290. The van der Waals surface area contributed by atoms with Crippen LogP contribution in [0.2, 0.25) is 0 Å². The van der Waals surface area contributed by atoms with Crippen LogP contribution >= 0.6 is 0 Å². The fourth-order valence-electron chi connectivity index (χ4n) is 1.29. The lowest BCUT2D eigenvalue weighted by Gasteiger charge is -2.14. The summed E-state index contributed by atoms with van der Waals surface area (Å²) in [5, 5.41) is 9.74. The first kappa shape index (κ1) is 11.1. The van der Waals surface area contributed by atoms with Crippen LogP contribution in [0.3, 0.4) is 0 Å². The minimum atomic E-state index is -0.604. The molecule has 14 heavy (non-hydrogen) atoms. The summed E-state index contributed by atoms with van der Waals surface area (Å²) in [5.74, 6) is 0.0407. The Hall–Kier alpha value is -0.960. The van der Waals surface area contributed by atoms with Gasteiger partial charge in [0, 0.05) is 11.8 Å². The second-order valence-corrected chi connectivity index (χ2v) is 3.70. The highest BCUT2D eigenvalue weighted by atomic mass is 19.1. The molecule has 1 aromatic heterocycles. The third-order valence-electron chi connectivity index (χ3n) is 2.43. The van der Waals surface area contributed by atoms with E-state index in [2.05, 4.69) is 18.8 Å². The van der Waals surface area contributed by atoms with Gasteiger partial charge in [-0.1, -0.05) is 20.3 Å². The van der Waals surface area contributed by atoms with Crippen molar-refractivity contribution in [2.24, 2.45) is 5.92 Å². The van der Waals surface area contributed by atoms with E-state index in [0.29, 0.717) is 17.9 Å². The number of aliphatic hydroxyl groups is 1. The van der Waals surface area contributed by atoms with Gasteiger partial charge in [-0.15, -0.1) is 0 Å². The number of rotatable bonds is 4. The maximum absolute atomic E-state index is 12.8. The largest absolute Gasteiger partial charge is 0.388 e. The topological polar surface area (TPSA) is 33.1 Å². The van der Waals surface area contributed by atoms with E-state index in [0.717, 1.165) is 12.6 Å². The molecular formula is C11H16FNO. The second-order valence-electron chi connectivity index (χ2n) is 3.70. The van der Waals surface area contributed by atoms with Crippen LogP contribution in [0.15, 0.2) is 18.5 Å². The maximum atomic E-state index is 12.8. The molecule has 2 atom stereocenters. The molecule has 3 heteroatoms. The zero-order valence-electron chi connectivity index (χ0n) is 8.57. The molecule has 0 aliphatic heterocycles. The quantitative estimate of drug-likeness (QED) is 0.805. The van der Waals surface area contributed by atoms with Crippen molar-refractivity contribution in [3.05, 3.63) is 29.8 Å². The molecular weight excluding hydrogens is 181 g/mol. The smallest absolute Gasteiger partial charge is 0.141 e. The molecule has 1 heterocycles. The van der Waals surface area contributed by atoms with Gasteiger partial charge in [0.15, 0.2) is 0 Å². The van der Waals surface area contributed by atoms with Gasteiger partial charge in [0.05, 0.1) is 12.3 Å². The monoisotopic (exact) mass is 197 g/mol. The predicted molar refractivity (Wildman–Crippen MR) is 53.2 cm³/mol. The van der Waals surface area contributed by atoms with Crippen molar-refractivity contribution < 1.29 is 9.50 Å². The van der Waals surface area contributed by atoms with E-state index >= 15 is 0 Å². The SMILES string of the molecule is CCC(C)CC(O)c1cncc(F)c1. The summed E-state index contributed by atoms with van der Waals surface area (Å²) in [6.45, 7) is 4.14. The first-order valence-corrected chi connectivity index (χ1v) is 4.92. The van der Waals surface area contributed by atoms with E-state index < -0.39 is 11.9 Å². The van der Waals surface area contributed by atoms with E-state index in [1.807, 2.05) is 0 Å². The van der Waals surface area contributed by atoms with Gasteiger partial charge in [0.25, 0.3) is 0 Å². The molecule has 0 aliphatic rings. The molecule has 0 fully saturated rings. The van der Waals surface area contributed by atoms with Crippen molar-refractivity contribution in [3.63, 3.8) is 0 Å². The molecule has 78 valence electrons. The van der Waals surface area contributed by atoms with E-state index in [1.165, 1.54) is 12.3 Å². The van der Waals surface area contributed by atoms with Crippen molar-refractivity contribution >= 4 is 0 Å². The van der Waals surface area contributed by atoms with Gasteiger partial charge in [-0.3, -0.25) is 4.98 Å². The molecule has 1 N–H and O–H groups in total. The summed E-state index contributed by atoms with van der Waals surface area (Å²) in [4.78, 5) is 3.70. The summed E-state index contributed by atoms with van der Waals surface area (Å²) in [7, 11) is 0. The molecule has 0 radical (unpaired) electrons. The van der Waals surface area contributed by atoms with Gasteiger partial charge in [0.1, 0.15) is 5.82 Å². The summed E-state index contributed by atoms with van der Waals surface area (Å²) in [5.41, 5.74) is 0.560. The van der Waals surface area contributed by atoms with Crippen LogP contribution in [-0.4, -0.2) is 10.1 Å². The van der Waals surface area contributed by atoms with Crippen LogP contribution in [0.4, 0.5) is 4.39 Å². The van der Waals surface area contributed by atoms with E-state index in [1.54, 1.807) is 0 Å². The van der Waals surface area contributed by atoms with Gasteiger partial charge in [-0.05, 0) is 18.4 Å². The maximum Gasteiger partial charge on any atom is 0.141 e. The Morgan fingerprint density at radius 1 is 1.50 bits per heavy atom. The van der Waals surface area contributed by atoms with E-state index in [9.17, 15) is 9.50 Å². The molecule has 1 aromatic rings. The number of hydrogen-bond donors (Lipinski definition) is 1. The predicted octanol–water partition coefficient (Wildman–Crippen LogP) is 2.69. The number of aromatic nitrogens is 1. The van der Waals surface area contributed by atoms with Crippen LogP contribution in [0, 0.1) is 11.7 Å². The summed E-state index contributed by atoms with van der Waals surface area (Å²) >= 11 is 0. The average molecular weight is 197 g/mol. The molecule has 0 aliphatic carbocycles. The van der Waals surface area contributed by atoms with E-state index in [-0.39, 0.29) is 0 Å². The average Bonchev–Trinajstić information content (AvgIpc) is 2.17. The minimum absolute atomic E-state index is 0.397. The number of halogens is 1. The summed E-state index contributed by atoms with van der Waals surface area (Å²) < 4.78 is 12.8. The summed E-state index contributed by atoms with van der Waals surface area (Å²) in [6, 6.07) is 1.33. The van der Waals surface area contributed by atoms with Gasteiger partial charge in [-0.2, -0.15) is 0 Å². The van der Waals surface area contributed by atoms with Crippen molar-refractivity contribution in [2.45, 2.75) is 32.8 Å². The first-order chi connectivity index (χ1) is 6.63. The third kappa shape index (κ3) is 3.07. The molecule has 2 nitrogen and oxygen atoms in total. The van der Waals surface area contributed by atoms with Crippen LogP contribution in [0.25, 0.3) is 0 Å². The normalized spacial score (nSPS) is 15.1. The van der Waals surface area contributed by atoms with Crippen molar-refractivity contribution in [3.8, 4) is 0 Å². The van der Waals surface area contributed by atoms with E-state index in [4.69, 9.17) is 0 Å². The Balaban J connectivity index is 2.64. The lowest BCUT2D eigenvalue weighted by Crippen LogP contribution is -2.04. The highest BCUT2D eigenvalue weighted by molar-refractivity contribution is 5.13. The molecule has 0 saturated carbocycles. The number of pyridine rings is 1. The highest BCUT2D eigenvalue weighted by Gasteiger charge is 2.11. The van der Waals surface area contributed by atoms with Crippen molar-refractivity contribution in [1.82, 2.24) is 4.98 Å². The molecule has 2 unspecified atom stereocenters. The number of aliphatic hydroxyl groups excluding tert-OH is 1. The number of nitrogens with zero attached hydrogens (tertiary/aromatic N) is 1. The zero-order valence-corrected chi connectivity index (χ0v) is 8.57. The fourth-order valence-corrected chi connectivity index (χ4v) is 1.29. The van der Waals surface area contributed by atoms with Gasteiger partial charge < -0.3 is 5.11 Å². The molecule has 0 amide bonds. The van der Waals surface area contributed by atoms with Gasteiger partial charge in [-0.25, -0.2) is 4.39 Å². The second kappa shape index (κ2) is 5.05. The lowest BCUT2D eigenvalue weighted by molar-refractivity contribution is 0.145. The molecule has 1 rings (SSSR count). The zero-order chi connectivity index (χ0) is 10.6. The fraction of sp³-hybridized carbons (Fsp3) is 0.545. The molecule has 0 spiro atoms.